The van der Waals surface area contributed by atoms with Crippen LogP contribution in [0.3, 0.4) is 0 Å². The summed E-state index contributed by atoms with van der Waals surface area (Å²) < 4.78 is 2.25. The fourth-order valence-electron chi connectivity index (χ4n) is 1.56. The first kappa shape index (κ1) is 11.2. The Bertz CT molecular complexity index is 440. The molecule has 0 radical (unpaired) electrons. The van der Waals surface area contributed by atoms with E-state index in [4.69, 9.17) is 0 Å². The zero-order valence-electron chi connectivity index (χ0n) is 8.53. The molecule has 82 valence electrons. The molecule has 0 atom stereocenters. The van der Waals surface area contributed by atoms with Crippen molar-refractivity contribution in [3.05, 3.63) is 26.8 Å². The van der Waals surface area contributed by atoms with Gasteiger partial charge >= 0.3 is 0 Å². The highest BCUT2D eigenvalue weighted by Crippen LogP contribution is 2.47. The molecule has 5 heteroatoms. The summed E-state index contributed by atoms with van der Waals surface area (Å²) in [6, 6.07) is 0. The van der Waals surface area contributed by atoms with Crippen LogP contribution in [0.5, 0.6) is 0 Å². The van der Waals surface area contributed by atoms with Gasteiger partial charge in [0.1, 0.15) is 4.47 Å². The molecule has 0 amide bonds. The molecule has 15 heavy (non-hydrogen) atoms. The Kier molecular flexibility index (Phi) is 2.94. The number of hydrogen-bond donors (Lipinski definition) is 1. The standard InChI is InChI=1S/C10H13BrN2OS/c1-7-8(11)9(14)13(6-12-7)4-10(5-15)2-3-10/h6,15H,2-5H2,1H3. The summed E-state index contributed by atoms with van der Waals surface area (Å²) >= 11 is 7.59. The lowest BCUT2D eigenvalue weighted by Gasteiger charge is -2.14. The van der Waals surface area contributed by atoms with Crippen LogP contribution in [0.4, 0.5) is 0 Å². The molecule has 0 unspecified atom stereocenters. The predicted octanol–water partition coefficient (Wildman–Crippen LogP) is 2.02. The van der Waals surface area contributed by atoms with Gasteiger partial charge in [0.15, 0.2) is 0 Å². The Morgan fingerprint density at radius 2 is 2.33 bits per heavy atom. The molecule has 1 saturated carbocycles. The number of rotatable bonds is 3. The van der Waals surface area contributed by atoms with Crippen LogP contribution in [0, 0.1) is 12.3 Å². The fourth-order valence-corrected chi connectivity index (χ4v) is 2.31. The minimum atomic E-state index is 0.00978. The third-order valence-corrected chi connectivity index (χ3v) is 4.54. The van der Waals surface area contributed by atoms with Crippen LogP contribution in [0.1, 0.15) is 18.5 Å². The quantitative estimate of drug-likeness (QED) is 0.864. The first-order valence-electron chi connectivity index (χ1n) is 4.90. The van der Waals surface area contributed by atoms with Gasteiger partial charge in [0.25, 0.3) is 5.56 Å². The van der Waals surface area contributed by atoms with Crippen molar-refractivity contribution in [2.75, 3.05) is 5.75 Å². The molecule has 1 aromatic heterocycles. The highest BCUT2D eigenvalue weighted by Gasteiger charge is 2.41. The van der Waals surface area contributed by atoms with Crippen molar-refractivity contribution in [3.63, 3.8) is 0 Å². The average Bonchev–Trinajstić information content (AvgIpc) is 3.00. The average molecular weight is 289 g/mol. The Hall–Kier alpha value is -0.290. The van der Waals surface area contributed by atoms with Gasteiger partial charge in [-0.3, -0.25) is 9.36 Å². The van der Waals surface area contributed by atoms with Crippen molar-refractivity contribution < 1.29 is 0 Å². The lowest BCUT2D eigenvalue weighted by atomic mass is 10.1. The first-order valence-corrected chi connectivity index (χ1v) is 6.33. The summed E-state index contributed by atoms with van der Waals surface area (Å²) in [7, 11) is 0. The summed E-state index contributed by atoms with van der Waals surface area (Å²) in [5, 5.41) is 0. The molecule has 1 aromatic rings. The van der Waals surface area contributed by atoms with Gasteiger partial charge in [0.05, 0.1) is 12.0 Å². The molecule has 1 heterocycles. The van der Waals surface area contributed by atoms with Crippen molar-refractivity contribution >= 4 is 28.6 Å². The Balaban J connectivity index is 2.30. The molecule has 0 aliphatic heterocycles. The fraction of sp³-hybridized carbons (Fsp3) is 0.600. The Morgan fingerprint density at radius 3 is 2.87 bits per heavy atom. The number of hydrogen-bond acceptors (Lipinski definition) is 3. The normalized spacial score (nSPS) is 17.8. The molecule has 0 bridgehead atoms. The third kappa shape index (κ3) is 2.13. The van der Waals surface area contributed by atoms with Crippen molar-refractivity contribution in [1.82, 2.24) is 9.55 Å². The maximum atomic E-state index is 11.9. The second-order valence-corrected chi connectivity index (χ2v) is 5.34. The van der Waals surface area contributed by atoms with E-state index in [2.05, 4.69) is 33.5 Å². The molecular weight excluding hydrogens is 276 g/mol. The van der Waals surface area contributed by atoms with Crippen LogP contribution in [-0.2, 0) is 6.54 Å². The maximum Gasteiger partial charge on any atom is 0.267 e. The zero-order valence-corrected chi connectivity index (χ0v) is 11.0. The summed E-state index contributed by atoms with van der Waals surface area (Å²) in [6.07, 6.45) is 3.95. The molecule has 1 aliphatic carbocycles. The van der Waals surface area contributed by atoms with Crippen molar-refractivity contribution in [1.29, 1.82) is 0 Å². The van der Waals surface area contributed by atoms with E-state index in [0.29, 0.717) is 4.47 Å². The van der Waals surface area contributed by atoms with Crippen molar-refractivity contribution in [3.8, 4) is 0 Å². The maximum absolute atomic E-state index is 11.9. The van der Waals surface area contributed by atoms with Crippen LogP contribution in [0.25, 0.3) is 0 Å². The molecule has 2 rings (SSSR count). The van der Waals surface area contributed by atoms with Gasteiger partial charge in [-0.15, -0.1) is 0 Å². The minimum absolute atomic E-state index is 0.00978. The molecule has 0 N–H and O–H groups in total. The van der Waals surface area contributed by atoms with Crippen LogP contribution in [0.2, 0.25) is 0 Å². The molecule has 0 spiro atoms. The van der Waals surface area contributed by atoms with Gasteiger partial charge in [-0.2, -0.15) is 12.6 Å². The van der Waals surface area contributed by atoms with E-state index in [9.17, 15) is 4.79 Å². The second kappa shape index (κ2) is 3.94. The van der Waals surface area contributed by atoms with E-state index < -0.39 is 0 Å². The van der Waals surface area contributed by atoms with E-state index >= 15 is 0 Å². The van der Waals surface area contributed by atoms with Gasteiger partial charge < -0.3 is 0 Å². The van der Waals surface area contributed by atoms with Crippen molar-refractivity contribution in [2.24, 2.45) is 5.41 Å². The van der Waals surface area contributed by atoms with Gasteiger partial charge in [0.2, 0.25) is 0 Å². The number of aryl methyl sites for hydroxylation is 1. The lowest BCUT2D eigenvalue weighted by Crippen LogP contribution is -2.27. The highest BCUT2D eigenvalue weighted by molar-refractivity contribution is 9.10. The van der Waals surface area contributed by atoms with Gasteiger partial charge in [-0.25, -0.2) is 4.98 Å². The van der Waals surface area contributed by atoms with Crippen molar-refractivity contribution in [2.45, 2.75) is 26.3 Å². The number of nitrogens with zero attached hydrogens (tertiary/aromatic N) is 2. The smallest absolute Gasteiger partial charge is 0.267 e. The molecular formula is C10H13BrN2OS. The van der Waals surface area contributed by atoms with Crippen LogP contribution < -0.4 is 5.56 Å². The SMILES string of the molecule is Cc1ncn(CC2(CS)CC2)c(=O)c1Br. The molecule has 1 aliphatic rings. The molecule has 3 nitrogen and oxygen atoms in total. The van der Waals surface area contributed by atoms with E-state index in [0.717, 1.165) is 30.8 Å². The summed E-state index contributed by atoms with van der Waals surface area (Å²) in [6.45, 7) is 2.56. The predicted molar refractivity (Wildman–Crippen MR) is 66.5 cm³/mol. The van der Waals surface area contributed by atoms with Crippen LogP contribution >= 0.6 is 28.6 Å². The van der Waals surface area contributed by atoms with Gasteiger partial charge in [0, 0.05) is 6.54 Å². The number of halogens is 1. The Morgan fingerprint density at radius 1 is 1.67 bits per heavy atom. The minimum Gasteiger partial charge on any atom is -0.298 e. The van der Waals surface area contributed by atoms with Gasteiger partial charge in [-0.1, -0.05) is 0 Å². The zero-order chi connectivity index (χ0) is 11.1. The highest BCUT2D eigenvalue weighted by atomic mass is 79.9. The lowest BCUT2D eigenvalue weighted by molar-refractivity contribution is 0.457. The third-order valence-electron chi connectivity index (χ3n) is 2.96. The Labute approximate surface area is 102 Å². The summed E-state index contributed by atoms with van der Waals surface area (Å²) in [5.74, 6) is 0.838. The molecule has 0 saturated heterocycles. The summed E-state index contributed by atoms with van der Waals surface area (Å²) in [4.78, 5) is 16.0. The largest absolute Gasteiger partial charge is 0.298 e. The molecule has 1 fully saturated rings. The molecule has 0 aromatic carbocycles. The topological polar surface area (TPSA) is 34.9 Å². The van der Waals surface area contributed by atoms with Gasteiger partial charge in [-0.05, 0) is 46.9 Å². The van der Waals surface area contributed by atoms with E-state index in [-0.39, 0.29) is 11.0 Å². The van der Waals surface area contributed by atoms with E-state index in [1.54, 1.807) is 10.9 Å². The number of thiol groups is 1. The summed E-state index contributed by atoms with van der Waals surface area (Å²) in [5.41, 5.74) is 0.992. The monoisotopic (exact) mass is 288 g/mol. The number of aromatic nitrogens is 2. The van der Waals surface area contributed by atoms with Crippen LogP contribution in [-0.4, -0.2) is 15.3 Å². The van der Waals surface area contributed by atoms with E-state index in [1.165, 1.54) is 0 Å². The second-order valence-electron chi connectivity index (χ2n) is 4.24. The van der Waals surface area contributed by atoms with E-state index in [1.807, 2.05) is 6.92 Å². The first-order chi connectivity index (χ1) is 7.08. The van der Waals surface area contributed by atoms with Crippen LogP contribution in [0.15, 0.2) is 15.6 Å².